The monoisotopic (exact) mass is 166 g/mol. The molecule has 1 aliphatic rings. The van der Waals surface area contributed by atoms with E-state index in [9.17, 15) is 4.79 Å². The number of nitrogens with zero attached hydrogens (tertiary/aromatic N) is 1. The van der Waals surface area contributed by atoms with Crippen LogP contribution < -0.4 is 5.32 Å². The van der Waals surface area contributed by atoms with Gasteiger partial charge in [-0.05, 0) is 12.8 Å². The Morgan fingerprint density at radius 2 is 2.50 bits per heavy atom. The summed E-state index contributed by atoms with van der Waals surface area (Å²) in [5.74, 6) is 0.394. The summed E-state index contributed by atoms with van der Waals surface area (Å²) in [4.78, 5) is 15.2. The first-order chi connectivity index (χ1) is 5.75. The fourth-order valence-corrected chi connectivity index (χ4v) is 0.955. The van der Waals surface area contributed by atoms with Gasteiger partial charge in [0.2, 0.25) is 0 Å². The summed E-state index contributed by atoms with van der Waals surface area (Å²) in [6, 6.07) is 0.370. The highest BCUT2D eigenvalue weighted by Crippen LogP contribution is 2.19. The average Bonchev–Trinajstić information content (AvgIpc) is 2.72. The van der Waals surface area contributed by atoms with Crippen molar-refractivity contribution in [2.45, 2.75) is 25.8 Å². The molecule has 0 bridgehead atoms. The molecule has 0 atom stereocenters. The van der Waals surface area contributed by atoms with Gasteiger partial charge in [-0.2, -0.15) is 0 Å². The third kappa shape index (κ3) is 1.47. The smallest absolute Gasteiger partial charge is 0.273 e. The lowest BCUT2D eigenvalue weighted by Gasteiger charge is -1.96. The summed E-state index contributed by atoms with van der Waals surface area (Å²) in [6.45, 7) is 1.72. The zero-order valence-corrected chi connectivity index (χ0v) is 6.83. The van der Waals surface area contributed by atoms with Gasteiger partial charge in [-0.1, -0.05) is 0 Å². The highest BCUT2D eigenvalue weighted by molar-refractivity contribution is 5.92. The summed E-state index contributed by atoms with van der Waals surface area (Å²) in [5, 5.41) is 2.82. The van der Waals surface area contributed by atoms with E-state index in [4.69, 9.17) is 4.42 Å². The normalized spacial score (nSPS) is 16.1. The number of rotatable bonds is 2. The molecule has 0 unspecified atom stereocenters. The molecule has 1 fully saturated rings. The number of oxazole rings is 1. The van der Waals surface area contributed by atoms with Crippen LogP contribution in [0.3, 0.4) is 0 Å². The molecule has 1 amide bonds. The Hall–Kier alpha value is -1.32. The molecule has 1 saturated carbocycles. The maximum atomic E-state index is 11.3. The van der Waals surface area contributed by atoms with E-state index < -0.39 is 0 Å². The van der Waals surface area contributed by atoms with Gasteiger partial charge in [0.15, 0.2) is 11.6 Å². The van der Waals surface area contributed by atoms with Gasteiger partial charge in [0, 0.05) is 13.0 Å². The second-order valence-electron chi connectivity index (χ2n) is 3.00. The van der Waals surface area contributed by atoms with Crippen LogP contribution in [0.25, 0.3) is 0 Å². The van der Waals surface area contributed by atoms with Crippen molar-refractivity contribution in [2.75, 3.05) is 0 Å². The lowest BCUT2D eigenvalue weighted by molar-refractivity contribution is 0.0946. The number of hydrogen-bond acceptors (Lipinski definition) is 3. The minimum Gasteiger partial charge on any atom is -0.448 e. The van der Waals surface area contributed by atoms with Crippen LogP contribution >= 0.6 is 0 Å². The van der Waals surface area contributed by atoms with E-state index in [-0.39, 0.29) is 5.91 Å². The maximum absolute atomic E-state index is 11.3. The van der Waals surface area contributed by atoms with Crippen LogP contribution in [0.1, 0.15) is 29.2 Å². The molecule has 4 nitrogen and oxygen atoms in total. The van der Waals surface area contributed by atoms with E-state index in [2.05, 4.69) is 10.3 Å². The van der Waals surface area contributed by atoms with Crippen molar-refractivity contribution < 1.29 is 9.21 Å². The Kier molecular flexibility index (Phi) is 1.60. The van der Waals surface area contributed by atoms with Crippen LogP contribution in [-0.4, -0.2) is 16.9 Å². The molecule has 2 rings (SSSR count). The number of hydrogen-bond donors (Lipinski definition) is 1. The van der Waals surface area contributed by atoms with Crippen LogP contribution in [0.15, 0.2) is 10.7 Å². The van der Waals surface area contributed by atoms with Gasteiger partial charge in [-0.3, -0.25) is 4.79 Å². The van der Waals surface area contributed by atoms with Crippen molar-refractivity contribution in [3.05, 3.63) is 17.8 Å². The Morgan fingerprint density at radius 3 is 3.00 bits per heavy atom. The quantitative estimate of drug-likeness (QED) is 0.709. The Morgan fingerprint density at radius 1 is 1.75 bits per heavy atom. The molecule has 0 radical (unpaired) electrons. The third-order valence-corrected chi connectivity index (χ3v) is 1.76. The Balaban J connectivity index is 2.03. The van der Waals surface area contributed by atoms with Gasteiger partial charge in [0.25, 0.3) is 5.91 Å². The van der Waals surface area contributed by atoms with Crippen LogP contribution in [0, 0.1) is 6.92 Å². The molecule has 0 spiro atoms. The van der Waals surface area contributed by atoms with Crippen molar-refractivity contribution in [3.8, 4) is 0 Å². The van der Waals surface area contributed by atoms with E-state index in [1.807, 2.05) is 0 Å². The molecule has 4 heteroatoms. The molecule has 1 aromatic heterocycles. The van der Waals surface area contributed by atoms with Crippen molar-refractivity contribution in [3.63, 3.8) is 0 Å². The molecule has 1 N–H and O–H groups in total. The van der Waals surface area contributed by atoms with E-state index in [0.29, 0.717) is 17.6 Å². The molecule has 1 aromatic rings. The van der Waals surface area contributed by atoms with E-state index in [0.717, 1.165) is 12.8 Å². The predicted octanol–water partition coefficient (Wildman–Crippen LogP) is 0.875. The number of aromatic nitrogens is 1. The summed E-state index contributed by atoms with van der Waals surface area (Å²) in [6.07, 6.45) is 3.55. The van der Waals surface area contributed by atoms with Crippen molar-refractivity contribution in [1.82, 2.24) is 10.3 Å². The number of carbonyl (C=O) groups excluding carboxylic acids is 1. The van der Waals surface area contributed by atoms with Gasteiger partial charge in [0.1, 0.15) is 6.26 Å². The first kappa shape index (κ1) is 7.34. The summed E-state index contributed by atoms with van der Waals surface area (Å²) >= 11 is 0. The second kappa shape index (κ2) is 2.62. The number of aryl methyl sites for hydroxylation is 1. The number of nitrogens with one attached hydrogen (secondary N) is 1. The second-order valence-corrected chi connectivity index (χ2v) is 3.00. The fourth-order valence-electron chi connectivity index (χ4n) is 0.955. The SMILES string of the molecule is Cc1nc(C(=O)NC2CC2)co1. The largest absolute Gasteiger partial charge is 0.448 e. The van der Waals surface area contributed by atoms with E-state index >= 15 is 0 Å². The first-order valence-corrected chi connectivity index (χ1v) is 3.99. The zero-order valence-electron chi connectivity index (χ0n) is 6.83. The lowest BCUT2D eigenvalue weighted by Crippen LogP contribution is -2.25. The fraction of sp³-hybridized carbons (Fsp3) is 0.500. The molecular formula is C8H10N2O2. The van der Waals surface area contributed by atoms with Crippen LogP contribution in [0.4, 0.5) is 0 Å². The lowest BCUT2D eigenvalue weighted by atomic mass is 10.4. The number of amides is 1. The maximum Gasteiger partial charge on any atom is 0.273 e. The third-order valence-electron chi connectivity index (χ3n) is 1.76. The predicted molar refractivity (Wildman–Crippen MR) is 41.7 cm³/mol. The molecule has 0 aliphatic heterocycles. The zero-order chi connectivity index (χ0) is 8.55. The molecule has 0 saturated heterocycles. The van der Waals surface area contributed by atoms with Gasteiger partial charge in [0.05, 0.1) is 0 Å². The molecule has 1 aliphatic carbocycles. The average molecular weight is 166 g/mol. The Labute approximate surface area is 70.0 Å². The molecule has 0 aromatic carbocycles. The van der Waals surface area contributed by atoms with Crippen molar-refractivity contribution >= 4 is 5.91 Å². The van der Waals surface area contributed by atoms with Gasteiger partial charge < -0.3 is 9.73 Å². The minimum atomic E-state index is -0.130. The van der Waals surface area contributed by atoms with Crippen LogP contribution in [-0.2, 0) is 0 Å². The van der Waals surface area contributed by atoms with Crippen molar-refractivity contribution in [2.24, 2.45) is 0 Å². The standard InChI is InChI=1S/C8H10N2O2/c1-5-9-7(4-12-5)8(11)10-6-2-3-6/h4,6H,2-3H2,1H3,(H,10,11). The molecule has 64 valence electrons. The van der Waals surface area contributed by atoms with E-state index in [1.165, 1.54) is 6.26 Å². The summed E-state index contributed by atoms with van der Waals surface area (Å²) < 4.78 is 4.92. The highest BCUT2D eigenvalue weighted by Gasteiger charge is 2.24. The van der Waals surface area contributed by atoms with Gasteiger partial charge in [-0.25, -0.2) is 4.98 Å². The topological polar surface area (TPSA) is 55.1 Å². The molecule has 12 heavy (non-hydrogen) atoms. The van der Waals surface area contributed by atoms with Gasteiger partial charge >= 0.3 is 0 Å². The van der Waals surface area contributed by atoms with Crippen LogP contribution in [0.2, 0.25) is 0 Å². The first-order valence-electron chi connectivity index (χ1n) is 3.99. The summed E-state index contributed by atoms with van der Waals surface area (Å²) in [5.41, 5.74) is 0.374. The van der Waals surface area contributed by atoms with E-state index in [1.54, 1.807) is 6.92 Å². The van der Waals surface area contributed by atoms with Crippen molar-refractivity contribution in [1.29, 1.82) is 0 Å². The minimum absolute atomic E-state index is 0.130. The molecule has 1 heterocycles. The summed E-state index contributed by atoms with van der Waals surface area (Å²) in [7, 11) is 0. The van der Waals surface area contributed by atoms with Crippen LogP contribution in [0.5, 0.6) is 0 Å². The highest BCUT2D eigenvalue weighted by atomic mass is 16.3. The Bertz CT molecular complexity index is 302. The molecular weight excluding hydrogens is 156 g/mol. The van der Waals surface area contributed by atoms with Gasteiger partial charge in [-0.15, -0.1) is 0 Å². The number of carbonyl (C=O) groups is 1.